The smallest absolute Gasteiger partial charge is 0.336 e. The lowest BCUT2D eigenvalue weighted by Gasteiger charge is -2.18. The molecule has 3 aromatic rings. The molecular formula is C21H18N2O9. The number of allylic oxidation sites excluding steroid dienone is 1. The van der Waals surface area contributed by atoms with Gasteiger partial charge in [-0.2, -0.15) is 0 Å². The fourth-order valence-corrected chi connectivity index (χ4v) is 3.45. The summed E-state index contributed by atoms with van der Waals surface area (Å²) >= 11 is 0. The second kappa shape index (κ2) is 9.02. The van der Waals surface area contributed by atoms with Crippen LogP contribution in [0.25, 0.3) is 21.9 Å². The Labute approximate surface area is 179 Å². The third kappa shape index (κ3) is 4.37. The predicted octanol–water partition coefficient (Wildman–Crippen LogP) is 3.46. The highest BCUT2D eigenvalue weighted by Crippen LogP contribution is 2.35. The summed E-state index contributed by atoms with van der Waals surface area (Å²) < 4.78 is 22.1. The van der Waals surface area contributed by atoms with Gasteiger partial charge in [0.1, 0.15) is 23.0 Å². The van der Waals surface area contributed by atoms with Crippen molar-refractivity contribution in [2.75, 3.05) is 13.2 Å². The number of hydrogen-bond donors (Lipinski definition) is 0. The standard InChI is InChI=1S/C21H18N2O9/c24-20-6-4-14-19(32-20)12-18-15(7-10-30-18)21(14)31-9-2-1-8-29-17-5-3-13(22(25)26)11-16(17)23(27)28/h3-7,10-12,16-17H,1-2,8-9H2. The number of ether oxygens (including phenoxy) is 2. The largest absolute Gasteiger partial charge is 0.492 e. The molecule has 2 heterocycles. The number of nitro groups is 2. The summed E-state index contributed by atoms with van der Waals surface area (Å²) in [5.74, 6) is 0.539. The summed E-state index contributed by atoms with van der Waals surface area (Å²) in [5, 5.41) is 23.4. The van der Waals surface area contributed by atoms with E-state index in [4.69, 9.17) is 18.3 Å². The first kappa shape index (κ1) is 21.2. The van der Waals surface area contributed by atoms with Crippen molar-refractivity contribution in [3.63, 3.8) is 0 Å². The van der Waals surface area contributed by atoms with Crippen molar-refractivity contribution in [3.05, 3.63) is 85.1 Å². The van der Waals surface area contributed by atoms with Gasteiger partial charge in [0.2, 0.25) is 0 Å². The molecule has 0 bridgehead atoms. The Balaban J connectivity index is 1.33. The van der Waals surface area contributed by atoms with Crippen LogP contribution in [0.15, 0.2) is 68.1 Å². The van der Waals surface area contributed by atoms with E-state index in [0.29, 0.717) is 41.8 Å². The van der Waals surface area contributed by atoms with Crippen LogP contribution in [0.4, 0.5) is 0 Å². The highest BCUT2D eigenvalue weighted by atomic mass is 16.6. The zero-order valence-corrected chi connectivity index (χ0v) is 16.7. The topological polar surface area (TPSA) is 148 Å². The van der Waals surface area contributed by atoms with E-state index in [2.05, 4.69) is 0 Å². The maximum atomic E-state index is 11.5. The Morgan fingerprint density at radius 2 is 1.81 bits per heavy atom. The zero-order valence-electron chi connectivity index (χ0n) is 16.7. The average Bonchev–Trinajstić information content (AvgIpc) is 3.23. The lowest BCUT2D eigenvalue weighted by atomic mass is 10.0. The van der Waals surface area contributed by atoms with Gasteiger partial charge in [0.15, 0.2) is 0 Å². The molecule has 32 heavy (non-hydrogen) atoms. The van der Waals surface area contributed by atoms with Crippen molar-refractivity contribution in [1.82, 2.24) is 0 Å². The highest BCUT2D eigenvalue weighted by molar-refractivity contribution is 6.01. The Morgan fingerprint density at radius 3 is 2.59 bits per heavy atom. The van der Waals surface area contributed by atoms with E-state index in [1.165, 1.54) is 24.5 Å². The minimum Gasteiger partial charge on any atom is -0.492 e. The molecule has 1 aliphatic carbocycles. The van der Waals surface area contributed by atoms with E-state index < -0.39 is 27.6 Å². The fraction of sp³-hybridized carbons (Fsp3) is 0.286. The first-order valence-electron chi connectivity index (χ1n) is 9.80. The number of benzene rings is 1. The summed E-state index contributed by atoms with van der Waals surface area (Å²) in [7, 11) is 0. The van der Waals surface area contributed by atoms with Crippen molar-refractivity contribution in [2.24, 2.45) is 0 Å². The first-order chi connectivity index (χ1) is 15.4. The van der Waals surface area contributed by atoms with Gasteiger partial charge < -0.3 is 18.3 Å². The Bertz CT molecular complexity index is 1290. The third-order valence-electron chi connectivity index (χ3n) is 4.99. The van der Waals surface area contributed by atoms with E-state index in [1.807, 2.05) is 0 Å². The van der Waals surface area contributed by atoms with Crippen LogP contribution >= 0.6 is 0 Å². The van der Waals surface area contributed by atoms with E-state index in [9.17, 15) is 25.0 Å². The van der Waals surface area contributed by atoms with Gasteiger partial charge in [0.05, 0.1) is 34.6 Å². The first-order valence-corrected chi connectivity index (χ1v) is 9.80. The van der Waals surface area contributed by atoms with Crippen LogP contribution in [-0.4, -0.2) is 35.2 Å². The predicted molar refractivity (Wildman–Crippen MR) is 112 cm³/mol. The number of rotatable bonds is 9. The molecule has 0 radical (unpaired) electrons. The Morgan fingerprint density at radius 1 is 1.03 bits per heavy atom. The summed E-state index contributed by atoms with van der Waals surface area (Å²) in [4.78, 5) is 32.3. The maximum absolute atomic E-state index is 11.5. The number of furan rings is 1. The molecule has 1 aliphatic rings. The SMILES string of the molecule is O=c1ccc2c(OCCCCOC3C=CC([N+](=O)[O-])=CC3[N+](=O)[O-])c3ccoc3cc2o1. The van der Waals surface area contributed by atoms with Gasteiger partial charge in [0, 0.05) is 29.7 Å². The molecule has 2 aromatic heterocycles. The van der Waals surface area contributed by atoms with Gasteiger partial charge >= 0.3 is 5.63 Å². The number of nitrogens with zero attached hydrogens (tertiary/aromatic N) is 2. The molecule has 11 nitrogen and oxygen atoms in total. The molecule has 0 saturated carbocycles. The van der Waals surface area contributed by atoms with Gasteiger partial charge in [-0.1, -0.05) is 0 Å². The van der Waals surface area contributed by atoms with Crippen LogP contribution < -0.4 is 10.4 Å². The summed E-state index contributed by atoms with van der Waals surface area (Å²) in [6, 6.07) is 5.03. The van der Waals surface area contributed by atoms with Gasteiger partial charge in [-0.15, -0.1) is 0 Å². The molecule has 1 aromatic carbocycles. The van der Waals surface area contributed by atoms with Crippen LogP contribution in [0.5, 0.6) is 5.75 Å². The van der Waals surface area contributed by atoms with Crippen LogP contribution in [0.1, 0.15) is 12.8 Å². The van der Waals surface area contributed by atoms with E-state index in [1.54, 1.807) is 18.2 Å². The number of fused-ring (bicyclic) bond motifs is 2. The molecule has 11 heteroatoms. The van der Waals surface area contributed by atoms with E-state index in [0.717, 1.165) is 11.5 Å². The van der Waals surface area contributed by atoms with Crippen LogP contribution in [0.2, 0.25) is 0 Å². The van der Waals surface area contributed by atoms with Crippen LogP contribution in [0, 0.1) is 20.2 Å². The van der Waals surface area contributed by atoms with Crippen molar-refractivity contribution >= 4 is 21.9 Å². The van der Waals surface area contributed by atoms with Gasteiger partial charge in [-0.3, -0.25) is 20.2 Å². The monoisotopic (exact) mass is 442 g/mol. The molecule has 0 fully saturated rings. The maximum Gasteiger partial charge on any atom is 0.336 e. The summed E-state index contributed by atoms with van der Waals surface area (Å²) in [6.07, 6.45) is 5.32. The summed E-state index contributed by atoms with van der Waals surface area (Å²) in [5.41, 5.74) is 0.0884. The minimum absolute atomic E-state index is 0.218. The molecule has 0 aliphatic heterocycles. The Kier molecular flexibility index (Phi) is 5.99. The molecule has 0 N–H and O–H groups in total. The molecule has 2 unspecified atom stereocenters. The summed E-state index contributed by atoms with van der Waals surface area (Å²) in [6.45, 7) is 0.544. The third-order valence-corrected chi connectivity index (χ3v) is 4.99. The number of unbranched alkanes of at least 4 members (excludes halogenated alkanes) is 1. The van der Waals surface area contributed by atoms with Crippen molar-refractivity contribution in [1.29, 1.82) is 0 Å². The van der Waals surface area contributed by atoms with E-state index >= 15 is 0 Å². The zero-order chi connectivity index (χ0) is 22.7. The number of hydrogen-bond acceptors (Lipinski definition) is 9. The minimum atomic E-state index is -1.31. The lowest BCUT2D eigenvalue weighted by Crippen LogP contribution is -2.35. The van der Waals surface area contributed by atoms with Crippen molar-refractivity contribution < 1.29 is 28.2 Å². The second-order valence-corrected chi connectivity index (χ2v) is 7.08. The Hall–Kier alpha value is -3.99. The van der Waals surface area contributed by atoms with Crippen molar-refractivity contribution in [3.8, 4) is 5.75 Å². The molecule has 166 valence electrons. The molecular weight excluding hydrogens is 424 g/mol. The normalized spacial score (nSPS) is 18.1. The van der Waals surface area contributed by atoms with Gasteiger partial charge in [0.25, 0.3) is 11.7 Å². The quantitative estimate of drug-likeness (QED) is 0.210. The average molecular weight is 442 g/mol. The lowest BCUT2D eigenvalue weighted by molar-refractivity contribution is -0.522. The second-order valence-electron chi connectivity index (χ2n) is 7.08. The molecule has 0 amide bonds. The van der Waals surface area contributed by atoms with Crippen LogP contribution in [-0.2, 0) is 4.74 Å². The molecule has 4 rings (SSSR count). The van der Waals surface area contributed by atoms with Crippen LogP contribution in [0.3, 0.4) is 0 Å². The van der Waals surface area contributed by atoms with Crippen molar-refractivity contribution in [2.45, 2.75) is 25.0 Å². The molecule has 0 spiro atoms. The molecule has 0 saturated heterocycles. The van der Waals surface area contributed by atoms with Gasteiger partial charge in [-0.05, 0) is 31.1 Å². The highest BCUT2D eigenvalue weighted by Gasteiger charge is 2.34. The molecule has 2 atom stereocenters. The van der Waals surface area contributed by atoms with Gasteiger partial charge in [-0.25, -0.2) is 4.79 Å². The van der Waals surface area contributed by atoms with E-state index in [-0.39, 0.29) is 12.3 Å². The fourth-order valence-electron chi connectivity index (χ4n) is 3.45.